The third kappa shape index (κ3) is 9.59. The average Bonchev–Trinajstić information content (AvgIpc) is 3.90. The number of nitrogen functional groups attached to an aromatic ring is 1. The van der Waals surface area contributed by atoms with Crippen molar-refractivity contribution in [3.05, 3.63) is 94.2 Å². The molecule has 8 atom stereocenters. The topological polar surface area (TPSA) is 209 Å². The number of benzene rings is 2. The van der Waals surface area contributed by atoms with Crippen LogP contribution in [0.15, 0.2) is 72.5 Å². The van der Waals surface area contributed by atoms with E-state index in [0.717, 1.165) is 11.1 Å². The number of halogens is 1. The Hall–Kier alpha value is -5.35. The smallest absolute Gasteiger partial charge is 0.409 e. The van der Waals surface area contributed by atoms with Crippen molar-refractivity contribution < 1.29 is 48.0 Å². The zero-order valence-corrected chi connectivity index (χ0v) is 35.4. The highest BCUT2D eigenvalue weighted by atomic mass is 35.5. The minimum atomic E-state index is -1.86. The van der Waals surface area contributed by atoms with Crippen molar-refractivity contribution >= 4 is 52.9 Å². The van der Waals surface area contributed by atoms with Crippen LogP contribution >= 0.6 is 11.6 Å². The average molecular weight is 836 g/mol. The zero-order chi connectivity index (χ0) is 43.6. The highest BCUT2D eigenvalue weighted by Gasteiger charge is 2.64. The molecule has 2 fully saturated rings. The summed E-state index contributed by atoms with van der Waals surface area (Å²) in [5.41, 5.74) is 12.5. The van der Waals surface area contributed by atoms with Crippen molar-refractivity contribution in [1.82, 2.24) is 10.2 Å². The zero-order valence-electron chi connectivity index (χ0n) is 34.6. The predicted molar refractivity (Wildman–Crippen MR) is 223 cm³/mol. The van der Waals surface area contributed by atoms with Crippen molar-refractivity contribution in [2.24, 2.45) is 11.7 Å². The first-order valence-corrected chi connectivity index (χ1v) is 19.5. The van der Waals surface area contributed by atoms with Gasteiger partial charge in [0.05, 0.1) is 25.3 Å². The summed E-state index contributed by atoms with van der Waals surface area (Å²) >= 11 is 6.79. The summed E-state index contributed by atoms with van der Waals surface area (Å²) < 4.78 is 29.3. The van der Waals surface area contributed by atoms with E-state index in [1.54, 1.807) is 63.4 Å². The van der Waals surface area contributed by atoms with Crippen LogP contribution in [0, 0.1) is 5.92 Å². The van der Waals surface area contributed by atoms with E-state index in [0.29, 0.717) is 34.8 Å². The van der Waals surface area contributed by atoms with Crippen LogP contribution in [-0.4, -0.2) is 104 Å². The Labute approximate surface area is 349 Å². The number of alkyl carbamates (subject to hydrolysis) is 1. The van der Waals surface area contributed by atoms with Gasteiger partial charge in [-0.3, -0.25) is 14.9 Å². The Bertz CT molecular complexity index is 2090. The first kappa shape index (κ1) is 44.7. The van der Waals surface area contributed by atoms with Gasteiger partial charge in [-0.05, 0) is 74.7 Å². The number of allylic oxidation sites excluding steroid dienone is 4. The normalized spacial score (nSPS) is 29.4. The number of esters is 1. The van der Waals surface area contributed by atoms with Gasteiger partial charge in [-0.2, -0.15) is 0 Å². The molecular weight excluding hydrogens is 782 g/mol. The molecule has 318 valence electrons. The Morgan fingerprint density at radius 1 is 1.22 bits per heavy atom. The van der Waals surface area contributed by atoms with Crippen molar-refractivity contribution in [3.8, 4) is 5.75 Å². The molecule has 2 aromatic rings. The van der Waals surface area contributed by atoms with Gasteiger partial charge in [-0.1, -0.05) is 55.0 Å². The number of likely N-dealkylation sites (N-methyl/N-ethyl adjacent to an activating group) is 1. The lowest BCUT2D eigenvalue weighted by Crippen LogP contribution is -2.63. The number of fused-ring (bicyclic) bond motifs is 5. The number of nitrogens with two attached hydrogens (primary N) is 2. The fourth-order valence-corrected chi connectivity index (χ4v) is 7.77. The van der Waals surface area contributed by atoms with Gasteiger partial charge in [0.1, 0.15) is 40.7 Å². The first-order valence-electron chi connectivity index (χ1n) is 19.1. The number of nitrogens with one attached hydrogen (secondary N) is 1. The molecule has 3 aliphatic rings. The molecule has 4 bridgehead atoms. The van der Waals surface area contributed by atoms with E-state index >= 15 is 0 Å². The Kier molecular flexibility index (Phi) is 13.6. The van der Waals surface area contributed by atoms with Gasteiger partial charge in [0, 0.05) is 50.5 Å². The molecule has 6 N–H and O–H groups in total. The van der Waals surface area contributed by atoms with Crippen molar-refractivity contribution in [1.29, 1.82) is 0 Å². The maximum Gasteiger partial charge on any atom is 0.409 e. The second-order valence-electron chi connectivity index (χ2n) is 15.5. The van der Waals surface area contributed by atoms with Gasteiger partial charge in [0.15, 0.2) is 5.72 Å². The van der Waals surface area contributed by atoms with E-state index in [9.17, 15) is 24.3 Å². The van der Waals surface area contributed by atoms with Gasteiger partial charge in [0.2, 0.25) is 5.91 Å². The number of methoxy groups -OCH3 is 2. The third-order valence-corrected chi connectivity index (χ3v) is 11.7. The van der Waals surface area contributed by atoms with Crippen LogP contribution < -0.4 is 26.4 Å². The summed E-state index contributed by atoms with van der Waals surface area (Å²) in [6.07, 6.45) is 3.69. The lowest BCUT2D eigenvalue weighted by atomic mass is 9.83. The van der Waals surface area contributed by atoms with E-state index in [2.05, 4.69) is 11.9 Å². The molecule has 16 heteroatoms. The molecule has 3 heterocycles. The fraction of sp³-hybridized carbons (Fsp3) is 0.442. The maximum absolute atomic E-state index is 14.3. The quantitative estimate of drug-likeness (QED) is 0.121. The van der Waals surface area contributed by atoms with Crippen LogP contribution in [0.5, 0.6) is 5.75 Å². The predicted octanol–water partition coefficient (Wildman–Crippen LogP) is 4.90. The van der Waals surface area contributed by atoms with Crippen molar-refractivity contribution in [3.63, 3.8) is 0 Å². The fourth-order valence-electron chi connectivity index (χ4n) is 7.46. The van der Waals surface area contributed by atoms with Crippen molar-refractivity contribution in [2.75, 3.05) is 38.9 Å². The SMILES string of the molecule is C=C/C(N)=C\c1ccc(C(=O)N(C)[C@@H](C)C(=O)O[C@H]2CC(=O)N(C)c3cc(cc(OC)c3Cl)C/C(C)=C/C=C/[C@@H](OC)[C@@]3(O)C[C@H](OC(=O)N3)[C@@H](C)[C@@H]3O[C@@]23C)cc1N. The van der Waals surface area contributed by atoms with E-state index < -0.39 is 71.6 Å². The monoisotopic (exact) mass is 835 g/mol. The first-order chi connectivity index (χ1) is 27.8. The van der Waals surface area contributed by atoms with Gasteiger partial charge in [-0.25, -0.2) is 9.59 Å². The van der Waals surface area contributed by atoms with Crippen LogP contribution in [0.4, 0.5) is 16.2 Å². The summed E-state index contributed by atoms with van der Waals surface area (Å²) in [5, 5.41) is 14.5. The second kappa shape index (κ2) is 17.9. The van der Waals surface area contributed by atoms with Gasteiger partial charge in [0.25, 0.3) is 5.91 Å². The van der Waals surface area contributed by atoms with Crippen LogP contribution in [0.1, 0.15) is 62.0 Å². The van der Waals surface area contributed by atoms with E-state index in [4.69, 9.17) is 46.8 Å². The molecule has 0 aromatic heterocycles. The lowest BCUT2D eigenvalue weighted by molar-refractivity contribution is -0.158. The highest BCUT2D eigenvalue weighted by molar-refractivity contribution is 6.35. The summed E-state index contributed by atoms with van der Waals surface area (Å²) in [6, 6.07) is 7.11. The number of nitrogens with zero attached hydrogens (tertiary/aromatic N) is 2. The molecule has 0 unspecified atom stereocenters. The number of epoxide rings is 1. The molecule has 15 nitrogen and oxygen atoms in total. The number of rotatable bonds is 8. The number of ether oxygens (including phenoxy) is 5. The summed E-state index contributed by atoms with van der Waals surface area (Å²) in [7, 11) is 5.91. The van der Waals surface area contributed by atoms with Crippen molar-refractivity contribution in [2.45, 2.75) is 88.7 Å². The molecule has 0 aliphatic carbocycles. The lowest BCUT2D eigenvalue weighted by Gasteiger charge is -2.42. The van der Waals surface area contributed by atoms with E-state index in [1.165, 1.54) is 50.1 Å². The van der Waals surface area contributed by atoms with Crippen LogP contribution in [0.3, 0.4) is 0 Å². The number of carbonyl (C=O) groups is 4. The Morgan fingerprint density at radius 3 is 2.58 bits per heavy atom. The van der Waals surface area contributed by atoms with E-state index in [1.807, 2.05) is 13.0 Å². The van der Waals surface area contributed by atoms with Crippen LogP contribution in [0.2, 0.25) is 5.02 Å². The number of aliphatic hydroxyl groups is 1. The minimum absolute atomic E-state index is 0.0784. The molecular formula is C43H54ClN5O10. The molecule has 0 saturated carbocycles. The molecule has 59 heavy (non-hydrogen) atoms. The molecule has 2 aromatic carbocycles. The summed E-state index contributed by atoms with van der Waals surface area (Å²) in [4.78, 5) is 57.4. The number of amides is 3. The largest absolute Gasteiger partial charge is 0.495 e. The molecule has 3 aliphatic heterocycles. The molecule has 5 rings (SSSR count). The second-order valence-corrected chi connectivity index (χ2v) is 15.9. The number of carbonyl (C=O) groups excluding carboxylic acids is 4. The number of anilines is 2. The van der Waals surface area contributed by atoms with Crippen LogP contribution in [0.25, 0.3) is 6.08 Å². The molecule has 3 amide bonds. The number of hydrogen-bond donors (Lipinski definition) is 4. The maximum atomic E-state index is 14.3. The minimum Gasteiger partial charge on any atom is -0.495 e. The highest BCUT2D eigenvalue weighted by Crippen LogP contribution is 2.49. The molecule has 2 saturated heterocycles. The Balaban J connectivity index is 1.50. The van der Waals surface area contributed by atoms with Gasteiger partial charge >= 0.3 is 12.1 Å². The van der Waals surface area contributed by atoms with Crippen LogP contribution in [-0.2, 0) is 35.0 Å². The van der Waals surface area contributed by atoms with Gasteiger partial charge < -0.3 is 50.1 Å². The summed E-state index contributed by atoms with van der Waals surface area (Å²) in [5.74, 6) is -2.01. The molecule has 0 spiro atoms. The third-order valence-electron chi connectivity index (χ3n) is 11.3. The standard InChI is InChI=1S/C43H54ClN5O10/c1-10-29(45)19-27-14-15-28(20-30(27)46)39(51)48(6)25(4)40(52)58-35-21-36(50)49(7)31-17-26(18-32(55-8)37(31)44)16-23(2)12-11-13-34(56-9)43(54)22-33(57-41(53)47-43)24(3)38-42(35,5)59-38/h10-15,17-20,24-25,33-35,38,54H,1,16,21-22,45-46H2,2-9H3,(H,47,53)/b13-11+,23-12+,29-19+/t24-,25+,33+,34-,35+,38+,42+,43+/m1/s1. The van der Waals surface area contributed by atoms with E-state index in [-0.39, 0.29) is 23.4 Å². The molecule has 0 radical (unpaired) electrons. The Morgan fingerprint density at radius 2 is 1.93 bits per heavy atom. The van der Waals surface area contributed by atoms with Gasteiger partial charge in [-0.15, -0.1) is 0 Å². The number of hydrogen-bond acceptors (Lipinski definition) is 12. The summed E-state index contributed by atoms with van der Waals surface area (Å²) in [6.45, 7) is 10.5.